The highest BCUT2D eigenvalue weighted by atomic mass is 19.1. The van der Waals surface area contributed by atoms with Gasteiger partial charge in [0.15, 0.2) is 12.0 Å². The van der Waals surface area contributed by atoms with Gasteiger partial charge >= 0.3 is 5.97 Å². The molecular formula is C39H48FN4O6+. The molecule has 4 heterocycles. The van der Waals surface area contributed by atoms with E-state index in [1.165, 1.54) is 5.56 Å². The third-order valence-electron chi connectivity index (χ3n) is 10.7. The van der Waals surface area contributed by atoms with Crippen LogP contribution in [-0.2, 0) is 33.6 Å². The molecule has 1 aromatic carbocycles. The van der Waals surface area contributed by atoms with Crippen LogP contribution in [0.3, 0.4) is 0 Å². The van der Waals surface area contributed by atoms with Crippen molar-refractivity contribution in [3.8, 4) is 11.1 Å². The molecular weight excluding hydrogens is 639 g/mol. The number of quaternary nitrogens is 1. The fourth-order valence-corrected chi connectivity index (χ4v) is 7.55. The van der Waals surface area contributed by atoms with Gasteiger partial charge in [-0.1, -0.05) is 45.0 Å². The van der Waals surface area contributed by atoms with Crippen molar-refractivity contribution in [2.24, 2.45) is 22.2 Å². The Labute approximate surface area is 291 Å². The number of halogens is 1. The first-order chi connectivity index (χ1) is 23.8. The van der Waals surface area contributed by atoms with Crippen LogP contribution in [0.2, 0.25) is 0 Å². The summed E-state index contributed by atoms with van der Waals surface area (Å²) in [6.07, 6.45) is 5.08. The highest BCUT2D eigenvalue weighted by molar-refractivity contribution is 6.41. The number of fused-ring (bicyclic) bond motifs is 2. The third-order valence-corrected chi connectivity index (χ3v) is 10.7. The SMILES string of the molecule is Cc1cc(-c2ccc([C@@H](CC[NH+]3CC[C@H](C(=O)O)[C@@H](F)C3)CC(=O)C3=Nc4cc5c(nc4C3)CC[C@H](C(C)(C)C)C5)cc2)c[nH]c1=O.O=CO. The molecule has 10 nitrogen and oxygen atoms in total. The van der Waals surface area contributed by atoms with Crippen molar-refractivity contribution in [1.29, 1.82) is 0 Å². The predicted molar refractivity (Wildman–Crippen MR) is 189 cm³/mol. The minimum Gasteiger partial charge on any atom is -0.483 e. The smallest absolute Gasteiger partial charge is 0.309 e. The van der Waals surface area contributed by atoms with E-state index < -0.39 is 18.1 Å². The summed E-state index contributed by atoms with van der Waals surface area (Å²) in [5.74, 6) is -1.54. The monoisotopic (exact) mass is 687 g/mol. The maximum atomic E-state index is 14.7. The number of hydrogen-bond donors (Lipinski definition) is 4. The van der Waals surface area contributed by atoms with Crippen molar-refractivity contribution in [3.05, 3.63) is 81.0 Å². The van der Waals surface area contributed by atoms with Gasteiger partial charge in [-0.2, -0.15) is 0 Å². The molecule has 0 radical (unpaired) electrons. The Morgan fingerprint density at radius 1 is 1.12 bits per heavy atom. The van der Waals surface area contributed by atoms with Crippen LogP contribution in [0, 0.1) is 24.2 Å². The number of piperidine rings is 1. The van der Waals surface area contributed by atoms with Crippen LogP contribution < -0.4 is 10.5 Å². The summed E-state index contributed by atoms with van der Waals surface area (Å²) in [4.78, 5) is 59.1. The molecule has 1 fully saturated rings. The summed E-state index contributed by atoms with van der Waals surface area (Å²) in [5, 5.41) is 16.2. The number of carbonyl (C=O) groups is 3. The third kappa shape index (κ3) is 8.61. The Bertz CT molecular complexity index is 1810. The molecule has 3 aliphatic rings. The fraction of sp³-hybridized carbons (Fsp3) is 0.487. The molecule has 2 aliphatic heterocycles. The number of carbonyl (C=O) groups excluding carboxylic acids is 1. The van der Waals surface area contributed by atoms with Gasteiger partial charge in [-0.05, 0) is 77.8 Å². The van der Waals surface area contributed by atoms with Crippen LogP contribution in [0.5, 0.6) is 0 Å². The van der Waals surface area contributed by atoms with Crippen LogP contribution in [0.25, 0.3) is 11.1 Å². The fourth-order valence-electron chi connectivity index (χ4n) is 7.55. The van der Waals surface area contributed by atoms with Crippen LogP contribution in [0.1, 0.15) is 80.5 Å². The molecule has 50 heavy (non-hydrogen) atoms. The molecule has 2 aromatic heterocycles. The first kappa shape index (κ1) is 36.8. The molecule has 6 rings (SSSR count). The Hall–Kier alpha value is -4.51. The zero-order chi connectivity index (χ0) is 36.2. The van der Waals surface area contributed by atoms with E-state index in [-0.39, 0.29) is 42.1 Å². The lowest BCUT2D eigenvalue weighted by atomic mass is 9.71. The van der Waals surface area contributed by atoms with E-state index >= 15 is 0 Å². The van der Waals surface area contributed by atoms with E-state index in [0.29, 0.717) is 49.5 Å². The van der Waals surface area contributed by atoms with Crippen LogP contribution in [0.15, 0.2) is 52.4 Å². The number of rotatable bonds is 9. The number of pyridine rings is 2. The normalized spacial score (nSPS) is 21.9. The number of aryl methyl sites for hydroxylation is 2. The molecule has 5 atom stereocenters. The first-order valence-corrected chi connectivity index (χ1v) is 17.5. The number of likely N-dealkylation sites (tertiary alicyclic amines) is 1. The number of aromatic nitrogens is 2. The number of hydrogen-bond acceptors (Lipinski definition) is 6. The number of benzene rings is 1. The van der Waals surface area contributed by atoms with Crippen LogP contribution in [0.4, 0.5) is 10.1 Å². The molecule has 3 aromatic rings. The minimum atomic E-state index is -1.38. The number of carboxylic acid groups (broad SMARTS) is 2. The van der Waals surface area contributed by atoms with Gasteiger partial charge < -0.3 is 20.1 Å². The van der Waals surface area contributed by atoms with Crippen molar-refractivity contribution in [2.45, 2.75) is 84.7 Å². The van der Waals surface area contributed by atoms with Gasteiger partial charge in [0.2, 0.25) is 0 Å². The maximum Gasteiger partial charge on any atom is 0.309 e. The standard InChI is InChI=1S/C38H45FN4O4.CH2O2/c1-22-15-27(20-40-36(22)45)24-7-5-23(6-8-24)25(11-13-43-14-12-29(37(46)47)30(39)21-43)18-35(44)34-19-33-32(42-34)17-26-16-28(38(2,3)4)9-10-31(26)41-33;2-1-3/h5-8,15,17,20,25,28-30H,9-14,16,18-19,21H2,1-4H3,(H,40,45)(H,46,47);1H,(H,2,3)/p+1/t25-,28-,29-,30-;/m0./s1. The summed E-state index contributed by atoms with van der Waals surface area (Å²) in [6.45, 7) is 9.81. The molecule has 1 saturated heterocycles. The van der Waals surface area contributed by atoms with Gasteiger partial charge in [0, 0.05) is 43.1 Å². The van der Waals surface area contributed by atoms with E-state index in [1.807, 2.05) is 30.3 Å². The first-order valence-electron chi connectivity index (χ1n) is 17.5. The number of aliphatic carboxylic acids is 1. The molecule has 11 heteroatoms. The number of Topliss-reactive ketones (excluding diaryl/α,β-unsaturated/α-hetero) is 1. The number of carboxylic acids is 1. The highest BCUT2D eigenvalue weighted by Gasteiger charge is 2.37. The predicted octanol–water partition coefficient (Wildman–Crippen LogP) is 4.69. The number of aliphatic imine (C=N–C) groups is 1. The lowest BCUT2D eigenvalue weighted by molar-refractivity contribution is -0.908. The molecule has 1 unspecified atom stereocenters. The molecule has 4 N–H and O–H groups in total. The quantitative estimate of drug-likeness (QED) is 0.238. The molecule has 0 bridgehead atoms. The summed E-state index contributed by atoms with van der Waals surface area (Å²) in [6, 6.07) is 12.1. The Morgan fingerprint density at radius 2 is 1.84 bits per heavy atom. The Balaban J connectivity index is 0.00000156. The number of ketones is 1. The summed E-state index contributed by atoms with van der Waals surface area (Å²) in [7, 11) is 0. The molecule has 0 saturated carbocycles. The molecule has 266 valence electrons. The second kappa shape index (κ2) is 15.6. The second-order valence-corrected chi connectivity index (χ2v) is 15.0. The zero-order valence-electron chi connectivity index (χ0n) is 29.3. The van der Waals surface area contributed by atoms with Gasteiger partial charge in [0.25, 0.3) is 12.0 Å². The highest BCUT2D eigenvalue weighted by Crippen LogP contribution is 2.39. The number of nitrogens with one attached hydrogen (secondary N) is 2. The van der Waals surface area contributed by atoms with Gasteiger partial charge in [-0.3, -0.25) is 24.2 Å². The minimum absolute atomic E-state index is 0.00169. The number of nitrogens with zero attached hydrogens (tertiary/aromatic N) is 2. The van der Waals surface area contributed by atoms with Crippen LogP contribution in [-0.4, -0.2) is 69.9 Å². The number of H-pyrrole nitrogens is 1. The van der Waals surface area contributed by atoms with Gasteiger partial charge in [0.05, 0.1) is 36.1 Å². The molecule has 0 spiro atoms. The van der Waals surface area contributed by atoms with Crippen LogP contribution >= 0.6 is 0 Å². The lowest BCUT2D eigenvalue weighted by Crippen LogP contribution is -3.14. The van der Waals surface area contributed by atoms with E-state index in [4.69, 9.17) is 19.9 Å². The van der Waals surface area contributed by atoms with Gasteiger partial charge in [0.1, 0.15) is 6.54 Å². The van der Waals surface area contributed by atoms with Gasteiger partial charge in [-0.25, -0.2) is 9.38 Å². The summed E-state index contributed by atoms with van der Waals surface area (Å²) < 4.78 is 14.7. The van der Waals surface area contributed by atoms with Crippen molar-refractivity contribution in [1.82, 2.24) is 9.97 Å². The largest absolute Gasteiger partial charge is 0.483 e. The summed E-state index contributed by atoms with van der Waals surface area (Å²) in [5.41, 5.74) is 8.28. The van der Waals surface area contributed by atoms with Gasteiger partial charge in [-0.15, -0.1) is 0 Å². The van der Waals surface area contributed by atoms with Crippen molar-refractivity contribution < 1.29 is 33.9 Å². The van der Waals surface area contributed by atoms with E-state index in [2.05, 4.69) is 31.8 Å². The average molecular weight is 688 g/mol. The average Bonchev–Trinajstić information content (AvgIpc) is 3.49. The van der Waals surface area contributed by atoms with E-state index in [9.17, 15) is 23.9 Å². The van der Waals surface area contributed by atoms with E-state index in [0.717, 1.165) is 57.9 Å². The lowest BCUT2D eigenvalue weighted by Gasteiger charge is -2.34. The molecule has 1 aliphatic carbocycles. The van der Waals surface area contributed by atoms with Crippen molar-refractivity contribution >= 4 is 29.6 Å². The topological polar surface area (TPSA) is 154 Å². The maximum absolute atomic E-state index is 14.7. The van der Waals surface area contributed by atoms with Crippen molar-refractivity contribution in [2.75, 3.05) is 19.6 Å². The Kier molecular flexibility index (Phi) is 11.5. The molecule has 0 amide bonds. The zero-order valence-corrected chi connectivity index (χ0v) is 29.3. The number of aromatic amines is 1. The van der Waals surface area contributed by atoms with E-state index in [1.54, 1.807) is 13.1 Å². The Morgan fingerprint density at radius 3 is 2.48 bits per heavy atom. The number of alkyl halides is 1. The van der Waals surface area contributed by atoms with Crippen molar-refractivity contribution in [3.63, 3.8) is 0 Å². The summed E-state index contributed by atoms with van der Waals surface area (Å²) >= 11 is 0. The second-order valence-electron chi connectivity index (χ2n) is 15.0.